The fourth-order valence-electron chi connectivity index (χ4n) is 3.59. The summed E-state index contributed by atoms with van der Waals surface area (Å²) in [5.74, 6) is 1.26. The predicted molar refractivity (Wildman–Crippen MR) is 137 cm³/mol. The largest absolute Gasteiger partial charge is 0.504 e. The van der Waals surface area contributed by atoms with Crippen molar-refractivity contribution < 1.29 is 38.7 Å². The SMILES string of the molecule is COc1cc(/C=C/C(=O)CC(=O)/C=C/c2ccc(O)c(OCCc3ccc4c(c3)OCO4)c2)ccc1O. The molecule has 0 amide bonds. The van der Waals surface area contributed by atoms with Crippen molar-refractivity contribution in [2.45, 2.75) is 12.8 Å². The number of allylic oxidation sites excluding steroid dienone is 2. The van der Waals surface area contributed by atoms with E-state index in [-0.39, 0.29) is 36.3 Å². The van der Waals surface area contributed by atoms with Crippen LogP contribution in [0.4, 0.5) is 0 Å². The first kappa shape index (κ1) is 25.4. The number of hydrogen-bond acceptors (Lipinski definition) is 8. The van der Waals surface area contributed by atoms with E-state index in [2.05, 4.69) is 0 Å². The van der Waals surface area contributed by atoms with Crippen LogP contribution in [0.3, 0.4) is 0 Å². The molecule has 0 fully saturated rings. The van der Waals surface area contributed by atoms with Gasteiger partial charge in [0.1, 0.15) is 0 Å². The Morgan fingerprint density at radius 3 is 2.14 bits per heavy atom. The number of carbonyl (C=O) groups excluding carboxylic acids is 2. The number of ketones is 2. The zero-order valence-corrected chi connectivity index (χ0v) is 20.2. The number of fused-ring (bicyclic) bond motifs is 1. The number of rotatable bonds is 11. The van der Waals surface area contributed by atoms with Crippen LogP contribution in [-0.2, 0) is 16.0 Å². The van der Waals surface area contributed by atoms with Crippen LogP contribution in [0.5, 0.6) is 34.5 Å². The first-order valence-corrected chi connectivity index (χ1v) is 11.5. The fraction of sp³-hybridized carbons (Fsp3) is 0.172. The van der Waals surface area contributed by atoms with Gasteiger partial charge < -0.3 is 29.2 Å². The minimum atomic E-state index is -0.365. The van der Waals surface area contributed by atoms with Crippen LogP contribution in [0, 0.1) is 0 Å². The van der Waals surface area contributed by atoms with Crippen LogP contribution >= 0.6 is 0 Å². The molecule has 1 heterocycles. The van der Waals surface area contributed by atoms with Crippen LogP contribution in [0.25, 0.3) is 12.2 Å². The molecular weight excluding hydrogens is 476 g/mol. The summed E-state index contributed by atoms with van der Waals surface area (Å²) in [7, 11) is 1.43. The van der Waals surface area contributed by atoms with Gasteiger partial charge in [0.25, 0.3) is 0 Å². The molecular formula is C29H26O8. The zero-order valence-electron chi connectivity index (χ0n) is 20.2. The lowest BCUT2D eigenvalue weighted by atomic mass is 10.1. The Kier molecular flexibility index (Phi) is 8.10. The van der Waals surface area contributed by atoms with Crippen molar-refractivity contribution >= 4 is 23.7 Å². The Balaban J connectivity index is 1.29. The van der Waals surface area contributed by atoms with E-state index in [1.165, 1.54) is 31.4 Å². The van der Waals surface area contributed by atoms with Crippen molar-refractivity contribution in [3.05, 3.63) is 83.4 Å². The van der Waals surface area contributed by atoms with E-state index < -0.39 is 0 Å². The highest BCUT2D eigenvalue weighted by atomic mass is 16.7. The van der Waals surface area contributed by atoms with Crippen molar-refractivity contribution in [1.29, 1.82) is 0 Å². The molecule has 2 N–H and O–H groups in total. The highest BCUT2D eigenvalue weighted by molar-refractivity contribution is 6.10. The number of benzene rings is 3. The minimum absolute atomic E-state index is 0.00113. The van der Waals surface area contributed by atoms with Gasteiger partial charge in [0.2, 0.25) is 6.79 Å². The van der Waals surface area contributed by atoms with Gasteiger partial charge in [-0.2, -0.15) is 0 Å². The highest BCUT2D eigenvalue weighted by Crippen LogP contribution is 2.33. The van der Waals surface area contributed by atoms with Gasteiger partial charge in [0.05, 0.1) is 20.1 Å². The third kappa shape index (κ3) is 6.91. The van der Waals surface area contributed by atoms with E-state index in [0.29, 0.717) is 47.2 Å². The van der Waals surface area contributed by atoms with E-state index in [0.717, 1.165) is 5.56 Å². The maximum atomic E-state index is 12.3. The van der Waals surface area contributed by atoms with E-state index in [1.807, 2.05) is 18.2 Å². The van der Waals surface area contributed by atoms with Crippen LogP contribution in [-0.4, -0.2) is 42.3 Å². The molecule has 4 rings (SSSR count). The summed E-state index contributed by atoms with van der Waals surface area (Å²) in [6.45, 7) is 0.541. The van der Waals surface area contributed by atoms with Crippen molar-refractivity contribution in [3.63, 3.8) is 0 Å². The summed E-state index contributed by atoms with van der Waals surface area (Å²) in [5.41, 5.74) is 2.30. The van der Waals surface area contributed by atoms with Gasteiger partial charge in [-0.3, -0.25) is 9.59 Å². The van der Waals surface area contributed by atoms with Crippen LogP contribution < -0.4 is 18.9 Å². The molecule has 0 atom stereocenters. The molecule has 0 saturated heterocycles. The molecule has 0 aromatic heterocycles. The van der Waals surface area contributed by atoms with E-state index in [4.69, 9.17) is 18.9 Å². The molecule has 8 nitrogen and oxygen atoms in total. The molecule has 1 aliphatic rings. The van der Waals surface area contributed by atoms with E-state index in [9.17, 15) is 19.8 Å². The molecule has 0 aliphatic carbocycles. The lowest BCUT2D eigenvalue weighted by Crippen LogP contribution is -2.02. The second-order valence-corrected chi connectivity index (χ2v) is 8.22. The second-order valence-electron chi connectivity index (χ2n) is 8.22. The first-order valence-electron chi connectivity index (χ1n) is 11.5. The summed E-state index contributed by atoms with van der Waals surface area (Å²) in [6, 6.07) is 15.1. The monoisotopic (exact) mass is 502 g/mol. The van der Waals surface area contributed by atoms with Crippen molar-refractivity contribution in [2.24, 2.45) is 0 Å². The van der Waals surface area contributed by atoms with Gasteiger partial charge in [-0.25, -0.2) is 0 Å². The Bertz CT molecular complexity index is 1360. The second kappa shape index (κ2) is 11.8. The number of ether oxygens (including phenoxy) is 4. The Hall–Kier alpha value is -4.72. The molecule has 37 heavy (non-hydrogen) atoms. The zero-order chi connectivity index (χ0) is 26.2. The van der Waals surface area contributed by atoms with Gasteiger partial charge in [0.15, 0.2) is 46.1 Å². The quantitative estimate of drug-likeness (QED) is 0.286. The number of phenolic OH excluding ortho intramolecular Hbond substituents is 2. The van der Waals surface area contributed by atoms with Gasteiger partial charge in [-0.05, 0) is 65.2 Å². The Morgan fingerprint density at radius 2 is 1.46 bits per heavy atom. The normalized spacial score (nSPS) is 12.2. The molecule has 3 aromatic rings. The molecule has 8 heteroatoms. The van der Waals surface area contributed by atoms with E-state index >= 15 is 0 Å². The summed E-state index contributed by atoms with van der Waals surface area (Å²) in [5, 5.41) is 19.8. The van der Waals surface area contributed by atoms with Gasteiger partial charge in [0, 0.05) is 6.42 Å². The molecule has 0 unspecified atom stereocenters. The third-order valence-corrected chi connectivity index (χ3v) is 5.54. The number of carbonyl (C=O) groups is 2. The van der Waals surface area contributed by atoms with E-state index in [1.54, 1.807) is 36.4 Å². The number of aromatic hydroxyl groups is 2. The van der Waals surface area contributed by atoms with Crippen LogP contribution in [0.15, 0.2) is 66.7 Å². The molecule has 0 spiro atoms. The fourth-order valence-corrected chi connectivity index (χ4v) is 3.59. The highest BCUT2D eigenvalue weighted by Gasteiger charge is 2.13. The molecule has 3 aromatic carbocycles. The predicted octanol–water partition coefficient (Wildman–Crippen LogP) is 4.71. The number of hydrogen-bond donors (Lipinski definition) is 2. The van der Waals surface area contributed by atoms with Gasteiger partial charge in [-0.1, -0.05) is 30.4 Å². The number of methoxy groups -OCH3 is 1. The van der Waals surface area contributed by atoms with Crippen LogP contribution in [0.1, 0.15) is 23.1 Å². The lowest BCUT2D eigenvalue weighted by Gasteiger charge is -2.09. The summed E-state index contributed by atoms with van der Waals surface area (Å²) >= 11 is 0. The summed E-state index contributed by atoms with van der Waals surface area (Å²) in [6.07, 6.45) is 6.05. The van der Waals surface area contributed by atoms with Gasteiger partial charge in [-0.15, -0.1) is 0 Å². The molecule has 0 saturated carbocycles. The average molecular weight is 503 g/mol. The smallest absolute Gasteiger partial charge is 0.231 e. The molecule has 0 radical (unpaired) electrons. The van der Waals surface area contributed by atoms with Crippen molar-refractivity contribution in [3.8, 4) is 34.5 Å². The average Bonchev–Trinajstić information content (AvgIpc) is 3.36. The third-order valence-electron chi connectivity index (χ3n) is 5.54. The lowest BCUT2D eigenvalue weighted by molar-refractivity contribution is -0.121. The summed E-state index contributed by atoms with van der Waals surface area (Å²) < 4.78 is 21.5. The molecule has 1 aliphatic heterocycles. The summed E-state index contributed by atoms with van der Waals surface area (Å²) in [4.78, 5) is 24.4. The first-order chi connectivity index (χ1) is 17.9. The standard InChI is InChI=1S/C29H26O8/c1-34-27-14-19(4-9-24(27)32)2-7-22(30)17-23(31)8-3-20-5-10-25(33)28(15-20)35-13-12-21-6-11-26-29(16-21)37-18-36-26/h2-11,14-16,32-33H,12-13,17-18H2,1H3/b7-2+,8-3+. The molecule has 0 bridgehead atoms. The van der Waals surface area contributed by atoms with Gasteiger partial charge >= 0.3 is 0 Å². The van der Waals surface area contributed by atoms with Crippen LogP contribution in [0.2, 0.25) is 0 Å². The molecule has 190 valence electrons. The number of phenols is 2. The maximum absolute atomic E-state index is 12.3. The topological polar surface area (TPSA) is 112 Å². The Morgan fingerprint density at radius 1 is 0.838 bits per heavy atom. The van der Waals surface area contributed by atoms with Crippen molar-refractivity contribution in [1.82, 2.24) is 0 Å². The van der Waals surface area contributed by atoms with Crippen molar-refractivity contribution in [2.75, 3.05) is 20.5 Å². The Labute approximate surface area is 214 Å². The minimum Gasteiger partial charge on any atom is -0.504 e. The maximum Gasteiger partial charge on any atom is 0.231 e.